The Morgan fingerprint density at radius 3 is 2.15 bits per heavy atom. The lowest BCUT2D eigenvalue weighted by Crippen LogP contribution is -2.46. The van der Waals surface area contributed by atoms with Crippen LogP contribution in [-0.4, -0.2) is 61.6 Å². The maximum Gasteiger partial charge on any atom is 0.501 e. The zero-order valence-corrected chi connectivity index (χ0v) is 14.2. The minimum Gasteiger partial charge on any atom is -0.480 e. The van der Waals surface area contributed by atoms with E-state index in [0.29, 0.717) is 38.2 Å². The van der Waals surface area contributed by atoms with Crippen LogP contribution in [0.3, 0.4) is 0 Å². The summed E-state index contributed by atoms with van der Waals surface area (Å²) >= 11 is 0. The quantitative estimate of drug-likeness (QED) is 0.814. The summed E-state index contributed by atoms with van der Waals surface area (Å²) in [6.07, 6.45) is 0.860. The molecule has 11 heteroatoms. The number of amides is 1. The summed E-state index contributed by atoms with van der Waals surface area (Å²) in [7, 11) is -5.51. The molecule has 0 spiro atoms. The van der Waals surface area contributed by atoms with Crippen molar-refractivity contribution in [1.29, 1.82) is 0 Å². The number of halogens is 3. The number of carboxylic acids is 1. The van der Waals surface area contributed by atoms with Gasteiger partial charge in [0.05, 0.1) is 4.90 Å². The second-order valence-electron chi connectivity index (χ2n) is 5.64. The highest BCUT2D eigenvalue weighted by Crippen LogP contribution is 2.30. The monoisotopic (exact) mass is 395 g/mol. The number of aliphatic carboxylic acids is 1. The Kier molecular flexibility index (Phi) is 5.91. The van der Waals surface area contributed by atoms with Crippen LogP contribution in [0.2, 0.25) is 0 Å². The summed E-state index contributed by atoms with van der Waals surface area (Å²) < 4.78 is 65.5. The normalized spacial score (nSPS) is 16.3. The van der Waals surface area contributed by atoms with Gasteiger partial charge >= 0.3 is 11.5 Å². The molecule has 144 valence electrons. The molecule has 1 heterocycles. The van der Waals surface area contributed by atoms with Gasteiger partial charge in [-0.25, -0.2) is 8.42 Å². The van der Waals surface area contributed by atoms with Gasteiger partial charge in [0.25, 0.3) is 15.7 Å². The molecule has 7 nitrogen and oxygen atoms in total. The fraction of sp³-hybridized carbons (Fsp3) is 0.467. The van der Waals surface area contributed by atoms with Gasteiger partial charge < -0.3 is 14.7 Å². The molecule has 1 aliphatic heterocycles. The van der Waals surface area contributed by atoms with Gasteiger partial charge in [-0.05, 0) is 37.1 Å². The Balaban J connectivity index is 2.27. The van der Waals surface area contributed by atoms with Crippen LogP contribution in [0.15, 0.2) is 29.2 Å². The second kappa shape index (κ2) is 7.62. The number of rotatable bonds is 5. The molecular weight excluding hydrogens is 379 g/mol. The third-order valence-corrected chi connectivity index (χ3v) is 5.42. The summed E-state index contributed by atoms with van der Waals surface area (Å²) in [5.41, 5.74) is -5.55. The number of hydrogen-bond acceptors (Lipinski definition) is 5. The van der Waals surface area contributed by atoms with Crippen molar-refractivity contribution in [1.82, 2.24) is 4.90 Å². The molecule has 0 aliphatic carbocycles. The second-order valence-corrected chi connectivity index (χ2v) is 7.59. The predicted octanol–water partition coefficient (Wildman–Crippen LogP) is 1.69. The van der Waals surface area contributed by atoms with Crippen molar-refractivity contribution >= 4 is 21.7 Å². The van der Waals surface area contributed by atoms with Crippen LogP contribution in [0.1, 0.15) is 23.2 Å². The van der Waals surface area contributed by atoms with Gasteiger partial charge in [0.2, 0.25) is 0 Å². The molecule has 1 aliphatic rings. The minimum atomic E-state index is -5.51. The van der Waals surface area contributed by atoms with Crippen LogP contribution >= 0.6 is 0 Å². The van der Waals surface area contributed by atoms with Crippen LogP contribution in [0.25, 0.3) is 0 Å². The van der Waals surface area contributed by atoms with Gasteiger partial charge in [0.15, 0.2) is 0 Å². The molecule has 1 aromatic rings. The van der Waals surface area contributed by atoms with E-state index in [-0.39, 0.29) is 11.6 Å². The number of benzene rings is 1. The van der Waals surface area contributed by atoms with Crippen molar-refractivity contribution in [2.75, 3.05) is 19.8 Å². The fourth-order valence-corrected chi connectivity index (χ4v) is 3.35. The Hall–Kier alpha value is -2.14. The molecule has 0 atom stereocenters. The van der Waals surface area contributed by atoms with Gasteiger partial charge in [-0.3, -0.25) is 9.59 Å². The lowest BCUT2D eigenvalue weighted by atomic mass is 10.1. The Labute approximate surface area is 147 Å². The van der Waals surface area contributed by atoms with E-state index in [4.69, 9.17) is 9.84 Å². The molecular formula is C15H16F3NO6S. The molecule has 0 bridgehead atoms. The van der Waals surface area contributed by atoms with E-state index in [1.807, 2.05) is 0 Å². The molecule has 2 rings (SSSR count). The average molecular weight is 395 g/mol. The number of hydrogen-bond donors (Lipinski definition) is 1. The van der Waals surface area contributed by atoms with Gasteiger partial charge in [-0.15, -0.1) is 0 Å². The molecule has 0 aromatic heterocycles. The lowest BCUT2D eigenvalue weighted by Gasteiger charge is -2.33. The van der Waals surface area contributed by atoms with Crippen molar-refractivity contribution < 1.29 is 41.0 Å². The molecule has 0 radical (unpaired) electrons. The first kappa shape index (κ1) is 20.2. The van der Waals surface area contributed by atoms with Gasteiger partial charge in [0, 0.05) is 24.8 Å². The summed E-state index contributed by atoms with van der Waals surface area (Å²) in [4.78, 5) is 23.8. The van der Waals surface area contributed by atoms with Crippen molar-refractivity contribution in [3.63, 3.8) is 0 Å². The molecule has 1 saturated heterocycles. The first-order valence-electron chi connectivity index (χ1n) is 7.56. The van der Waals surface area contributed by atoms with Gasteiger partial charge in [-0.2, -0.15) is 13.2 Å². The first-order chi connectivity index (χ1) is 12.0. The highest BCUT2D eigenvalue weighted by atomic mass is 32.2. The van der Waals surface area contributed by atoms with Crippen LogP contribution in [0.4, 0.5) is 13.2 Å². The Bertz CT molecular complexity index is 770. The number of nitrogens with zero attached hydrogens (tertiary/aromatic N) is 1. The zero-order chi connectivity index (χ0) is 19.5. The zero-order valence-electron chi connectivity index (χ0n) is 13.4. The van der Waals surface area contributed by atoms with E-state index >= 15 is 0 Å². The number of alkyl halides is 3. The van der Waals surface area contributed by atoms with E-state index in [2.05, 4.69) is 0 Å². The Morgan fingerprint density at radius 1 is 1.15 bits per heavy atom. The standard InChI is InChI=1S/C15H16F3NO6S/c16-15(17,18)26(23,24)12-3-1-10(2-4-12)14(22)19(9-13(20)21)11-5-7-25-8-6-11/h1-4,11H,5-9H2,(H,20,21). The maximum atomic E-state index is 12.6. The van der Waals surface area contributed by atoms with Crippen molar-refractivity contribution in [3.05, 3.63) is 29.8 Å². The van der Waals surface area contributed by atoms with Gasteiger partial charge in [-0.1, -0.05) is 0 Å². The van der Waals surface area contributed by atoms with Gasteiger partial charge in [0.1, 0.15) is 6.54 Å². The summed E-state index contributed by atoms with van der Waals surface area (Å²) in [6.45, 7) is 0.139. The number of carboxylic acid groups (broad SMARTS) is 1. The smallest absolute Gasteiger partial charge is 0.480 e. The molecule has 1 fully saturated rings. The molecule has 1 aromatic carbocycles. The topological polar surface area (TPSA) is 101 Å². The highest BCUT2D eigenvalue weighted by molar-refractivity contribution is 7.92. The number of sulfone groups is 1. The summed E-state index contributed by atoms with van der Waals surface area (Å²) in [6, 6.07) is 2.85. The SMILES string of the molecule is O=C(O)CN(C(=O)c1ccc(S(=O)(=O)C(F)(F)F)cc1)C1CCOCC1. The number of carbonyl (C=O) groups is 2. The summed E-state index contributed by atoms with van der Waals surface area (Å²) in [5.74, 6) is -1.93. The largest absolute Gasteiger partial charge is 0.501 e. The lowest BCUT2D eigenvalue weighted by molar-refractivity contribution is -0.138. The fourth-order valence-electron chi connectivity index (χ4n) is 2.59. The Morgan fingerprint density at radius 2 is 1.69 bits per heavy atom. The molecule has 1 amide bonds. The van der Waals surface area contributed by atoms with Crippen LogP contribution in [0.5, 0.6) is 0 Å². The average Bonchev–Trinajstić information content (AvgIpc) is 2.59. The van der Waals surface area contributed by atoms with E-state index in [9.17, 15) is 31.2 Å². The van der Waals surface area contributed by atoms with Crippen molar-refractivity contribution in [3.8, 4) is 0 Å². The van der Waals surface area contributed by atoms with E-state index < -0.39 is 38.7 Å². The van der Waals surface area contributed by atoms with E-state index in [1.165, 1.54) is 0 Å². The molecule has 0 unspecified atom stereocenters. The van der Waals surface area contributed by atoms with E-state index in [0.717, 1.165) is 17.0 Å². The third kappa shape index (κ3) is 4.33. The van der Waals surface area contributed by atoms with Crippen LogP contribution < -0.4 is 0 Å². The molecule has 26 heavy (non-hydrogen) atoms. The van der Waals surface area contributed by atoms with E-state index in [1.54, 1.807) is 0 Å². The summed E-state index contributed by atoms with van der Waals surface area (Å²) in [5, 5.41) is 9.02. The number of carbonyl (C=O) groups excluding carboxylic acids is 1. The minimum absolute atomic E-state index is 0.0983. The maximum absolute atomic E-state index is 12.6. The van der Waals surface area contributed by atoms with Crippen LogP contribution in [-0.2, 0) is 19.4 Å². The molecule has 1 N–H and O–H groups in total. The molecule has 0 saturated carbocycles. The highest BCUT2D eigenvalue weighted by Gasteiger charge is 2.46. The predicted molar refractivity (Wildman–Crippen MR) is 82.2 cm³/mol. The van der Waals surface area contributed by atoms with Crippen LogP contribution in [0, 0.1) is 0 Å². The number of ether oxygens (including phenoxy) is 1. The van der Waals surface area contributed by atoms with Crippen molar-refractivity contribution in [2.24, 2.45) is 0 Å². The third-order valence-electron chi connectivity index (χ3n) is 3.91. The first-order valence-corrected chi connectivity index (χ1v) is 9.04. The van der Waals surface area contributed by atoms with Crippen molar-refractivity contribution in [2.45, 2.75) is 29.3 Å².